The summed E-state index contributed by atoms with van der Waals surface area (Å²) >= 11 is 6.20. The van der Waals surface area contributed by atoms with Crippen molar-refractivity contribution in [3.05, 3.63) is 48.3 Å². The van der Waals surface area contributed by atoms with E-state index in [-0.39, 0.29) is 11.2 Å². The molecule has 0 spiro atoms. The van der Waals surface area contributed by atoms with E-state index in [1.54, 1.807) is 42.1 Å². The molecule has 6 heteroatoms. The number of rotatable bonds is 3. The second-order valence-electron chi connectivity index (χ2n) is 4.60. The highest BCUT2D eigenvalue weighted by atomic mass is 35.5. The lowest BCUT2D eigenvalue weighted by Gasteiger charge is -2.12. The van der Waals surface area contributed by atoms with Crippen molar-refractivity contribution in [1.29, 1.82) is 0 Å². The number of ether oxygens (including phenoxy) is 1. The second-order valence-corrected chi connectivity index (χ2v) is 5.26. The summed E-state index contributed by atoms with van der Waals surface area (Å²) in [4.78, 5) is 8.49. The molecule has 3 aromatic rings. The van der Waals surface area contributed by atoms with Gasteiger partial charge >= 0.3 is 0 Å². The number of pyridine rings is 1. The van der Waals surface area contributed by atoms with E-state index in [0.29, 0.717) is 22.8 Å². The molecule has 0 fully saturated rings. The lowest BCUT2D eigenvalue weighted by Crippen LogP contribution is -2.04. The van der Waals surface area contributed by atoms with Gasteiger partial charge in [0.2, 0.25) is 0 Å². The first-order valence-electron chi connectivity index (χ1n) is 6.42. The molecule has 2 heterocycles. The molecule has 4 nitrogen and oxygen atoms in total. The number of nitrogens with zero attached hydrogens (tertiary/aromatic N) is 3. The topological polar surface area (TPSA) is 39.9 Å². The highest BCUT2D eigenvalue weighted by Crippen LogP contribution is 2.30. The number of methoxy groups -OCH3 is 1. The van der Waals surface area contributed by atoms with Crippen LogP contribution in [-0.2, 0) is 0 Å². The van der Waals surface area contributed by atoms with E-state index in [2.05, 4.69) is 9.97 Å². The second kappa shape index (κ2) is 5.33. The number of halogens is 2. The van der Waals surface area contributed by atoms with Gasteiger partial charge in [-0.1, -0.05) is 0 Å². The largest absolute Gasteiger partial charge is 0.497 e. The van der Waals surface area contributed by atoms with Crippen LogP contribution in [0, 0.1) is 5.82 Å². The fourth-order valence-corrected chi connectivity index (χ4v) is 2.41. The summed E-state index contributed by atoms with van der Waals surface area (Å²) in [5, 5.41) is -0.372. The average molecular weight is 306 g/mol. The first-order chi connectivity index (χ1) is 10.1. The Morgan fingerprint density at radius 3 is 2.86 bits per heavy atom. The standard InChI is InChI=1S/C15H13ClFN3O/c1-9(16)15-19-12-8-18-6-5-13(12)20(15)14-7-10(21-2)3-4-11(14)17/h3-9H,1-2H3. The molecule has 0 N–H and O–H groups in total. The zero-order valence-electron chi connectivity index (χ0n) is 11.5. The number of alkyl halides is 1. The number of hydrogen-bond acceptors (Lipinski definition) is 3. The van der Waals surface area contributed by atoms with Crippen molar-refractivity contribution in [2.24, 2.45) is 0 Å². The summed E-state index contributed by atoms with van der Waals surface area (Å²) in [6, 6.07) is 6.34. The molecule has 1 unspecified atom stereocenters. The molecule has 0 aliphatic rings. The molecule has 21 heavy (non-hydrogen) atoms. The maximum absolute atomic E-state index is 14.3. The van der Waals surface area contributed by atoms with Crippen LogP contribution < -0.4 is 4.74 Å². The molecule has 0 aliphatic heterocycles. The molecule has 1 atom stereocenters. The van der Waals surface area contributed by atoms with Gasteiger partial charge in [0.15, 0.2) is 0 Å². The third-order valence-electron chi connectivity index (χ3n) is 3.23. The minimum Gasteiger partial charge on any atom is -0.497 e. The molecule has 108 valence electrons. The van der Waals surface area contributed by atoms with Gasteiger partial charge in [0.1, 0.15) is 22.9 Å². The zero-order valence-corrected chi connectivity index (χ0v) is 12.3. The van der Waals surface area contributed by atoms with Gasteiger partial charge in [-0.15, -0.1) is 11.6 Å². The van der Waals surface area contributed by atoms with E-state index in [1.165, 1.54) is 13.2 Å². The highest BCUT2D eigenvalue weighted by molar-refractivity contribution is 6.20. The lowest BCUT2D eigenvalue weighted by atomic mass is 10.2. The van der Waals surface area contributed by atoms with Crippen LogP contribution in [0.2, 0.25) is 0 Å². The van der Waals surface area contributed by atoms with Crippen LogP contribution in [-0.4, -0.2) is 21.6 Å². The van der Waals surface area contributed by atoms with Crippen LogP contribution in [0.15, 0.2) is 36.7 Å². The van der Waals surface area contributed by atoms with E-state index in [9.17, 15) is 4.39 Å². The first kappa shape index (κ1) is 13.8. The summed E-state index contributed by atoms with van der Waals surface area (Å²) in [6.45, 7) is 1.80. The van der Waals surface area contributed by atoms with Gasteiger partial charge in [-0.3, -0.25) is 9.55 Å². The summed E-state index contributed by atoms with van der Waals surface area (Å²) in [5.74, 6) is 0.757. The number of benzene rings is 1. The highest BCUT2D eigenvalue weighted by Gasteiger charge is 2.19. The Morgan fingerprint density at radius 1 is 1.33 bits per heavy atom. The Bertz CT molecular complexity index is 801. The zero-order chi connectivity index (χ0) is 15.0. The number of fused-ring (bicyclic) bond motifs is 1. The van der Waals surface area contributed by atoms with Crippen LogP contribution in [0.4, 0.5) is 4.39 Å². The molecule has 0 bridgehead atoms. The Kier molecular flexibility index (Phi) is 3.51. The van der Waals surface area contributed by atoms with Crippen molar-refractivity contribution in [1.82, 2.24) is 14.5 Å². The molecular weight excluding hydrogens is 293 g/mol. The Balaban J connectivity index is 2.35. The van der Waals surface area contributed by atoms with Crippen molar-refractivity contribution >= 4 is 22.6 Å². The normalized spacial score (nSPS) is 12.6. The summed E-state index contributed by atoms with van der Waals surface area (Å²) < 4.78 is 21.2. The predicted octanol–water partition coefficient (Wildman–Crippen LogP) is 3.87. The smallest absolute Gasteiger partial charge is 0.147 e. The van der Waals surface area contributed by atoms with Crippen molar-refractivity contribution in [3.63, 3.8) is 0 Å². The monoisotopic (exact) mass is 305 g/mol. The fraction of sp³-hybridized carbons (Fsp3) is 0.200. The number of imidazole rings is 1. The summed E-state index contributed by atoms with van der Waals surface area (Å²) in [6.07, 6.45) is 3.27. The molecule has 0 radical (unpaired) electrons. The Labute approximate surface area is 126 Å². The molecule has 0 aliphatic carbocycles. The van der Waals surface area contributed by atoms with Crippen molar-refractivity contribution in [3.8, 4) is 11.4 Å². The third-order valence-corrected chi connectivity index (χ3v) is 3.43. The van der Waals surface area contributed by atoms with E-state index in [0.717, 1.165) is 5.52 Å². The SMILES string of the molecule is COc1ccc(F)c(-n2c(C(C)Cl)nc3cnccc32)c1. The fourth-order valence-electron chi connectivity index (χ4n) is 2.26. The molecule has 0 amide bonds. The van der Waals surface area contributed by atoms with Crippen molar-refractivity contribution < 1.29 is 9.13 Å². The van der Waals surface area contributed by atoms with Gasteiger partial charge in [0.05, 0.1) is 29.9 Å². The lowest BCUT2D eigenvalue weighted by molar-refractivity contribution is 0.413. The Hall–Kier alpha value is -2.14. The van der Waals surface area contributed by atoms with Gasteiger partial charge in [0.25, 0.3) is 0 Å². The Morgan fingerprint density at radius 2 is 2.14 bits per heavy atom. The van der Waals surface area contributed by atoms with Crippen molar-refractivity contribution in [2.75, 3.05) is 7.11 Å². The molecule has 0 saturated heterocycles. The van der Waals surface area contributed by atoms with Crippen LogP contribution in [0.5, 0.6) is 5.75 Å². The molecule has 0 saturated carbocycles. The van der Waals surface area contributed by atoms with Crippen molar-refractivity contribution in [2.45, 2.75) is 12.3 Å². The number of hydrogen-bond donors (Lipinski definition) is 0. The maximum atomic E-state index is 14.3. The van der Waals surface area contributed by atoms with E-state index < -0.39 is 0 Å². The minimum atomic E-state index is -0.372. The van der Waals surface area contributed by atoms with E-state index in [4.69, 9.17) is 16.3 Å². The summed E-state index contributed by atoms with van der Waals surface area (Å²) in [7, 11) is 1.54. The molecule has 2 aromatic heterocycles. The van der Waals surface area contributed by atoms with Gasteiger partial charge < -0.3 is 4.74 Å². The van der Waals surface area contributed by atoms with Gasteiger partial charge in [-0.05, 0) is 25.1 Å². The quantitative estimate of drug-likeness (QED) is 0.690. The third kappa shape index (κ3) is 2.34. The molecular formula is C15H13ClFN3O. The van der Waals surface area contributed by atoms with Crippen LogP contribution in [0.1, 0.15) is 18.1 Å². The molecule has 3 rings (SSSR count). The van der Waals surface area contributed by atoms with Crippen LogP contribution in [0.25, 0.3) is 16.7 Å². The average Bonchev–Trinajstić information content (AvgIpc) is 2.87. The minimum absolute atomic E-state index is 0.352. The van der Waals surface area contributed by atoms with Gasteiger partial charge in [-0.25, -0.2) is 9.37 Å². The van der Waals surface area contributed by atoms with Gasteiger partial charge in [-0.2, -0.15) is 0 Å². The molecule has 1 aromatic carbocycles. The maximum Gasteiger partial charge on any atom is 0.147 e. The summed E-state index contributed by atoms with van der Waals surface area (Å²) in [5.41, 5.74) is 1.77. The van der Waals surface area contributed by atoms with E-state index in [1.807, 2.05) is 0 Å². The van der Waals surface area contributed by atoms with E-state index >= 15 is 0 Å². The first-order valence-corrected chi connectivity index (χ1v) is 6.86. The predicted molar refractivity (Wildman–Crippen MR) is 79.6 cm³/mol. The van der Waals surface area contributed by atoms with Gasteiger partial charge in [0, 0.05) is 12.3 Å². The van der Waals surface area contributed by atoms with Crippen LogP contribution in [0.3, 0.4) is 0 Å². The van der Waals surface area contributed by atoms with Crippen LogP contribution >= 0.6 is 11.6 Å². The number of aromatic nitrogens is 3.